The molecule has 2 aliphatic heterocycles. The van der Waals surface area contributed by atoms with Crippen LogP contribution in [0.3, 0.4) is 0 Å². The van der Waals surface area contributed by atoms with Crippen molar-refractivity contribution in [2.75, 3.05) is 18.5 Å². The zero-order chi connectivity index (χ0) is 19.4. The SMILES string of the molecule is CC(C)(C)C(=O)Nc1cc2c([nH]1)N=CN(C=CCOC1CCCCO1)C2O. The average Bonchev–Trinajstić information content (AvgIpc) is 3.04. The van der Waals surface area contributed by atoms with Gasteiger partial charge in [-0.25, -0.2) is 4.99 Å². The van der Waals surface area contributed by atoms with Crippen LogP contribution in [-0.4, -0.2) is 46.7 Å². The molecule has 3 rings (SSSR count). The highest BCUT2D eigenvalue weighted by Gasteiger charge is 2.26. The summed E-state index contributed by atoms with van der Waals surface area (Å²) >= 11 is 0. The summed E-state index contributed by atoms with van der Waals surface area (Å²) in [5, 5.41) is 13.4. The fourth-order valence-corrected chi connectivity index (χ4v) is 2.78. The van der Waals surface area contributed by atoms with Gasteiger partial charge in [-0.2, -0.15) is 0 Å². The summed E-state index contributed by atoms with van der Waals surface area (Å²) < 4.78 is 11.2. The van der Waals surface area contributed by atoms with Crippen LogP contribution in [0.4, 0.5) is 11.6 Å². The van der Waals surface area contributed by atoms with E-state index in [1.54, 1.807) is 17.2 Å². The Bertz CT molecular complexity index is 714. The molecule has 2 unspecified atom stereocenters. The smallest absolute Gasteiger partial charge is 0.230 e. The Morgan fingerprint density at radius 3 is 3.04 bits per heavy atom. The summed E-state index contributed by atoms with van der Waals surface area (Å²) in [6.45, 7) is 6.66. The molecular formula is C19H28N4O4. The molecule has 0 saturated carbocycles. The second kappa shape index (κ2) is 8.24. The molecule has 0 aromatic carbocycles. The fraction of sp³-hybridized carbons (Fsp3) is 0.579. The van der Waals surface area contributed by atoms with Crippen molar-refractivity contribution in [2.24, 2.45) is 10.4 Å². The Balaban J connectivity index is 1.56. The van der Waals surface area contributed by atoms with Gasteiger partial charge in [-0.3, -0.25) is 4.79 Å². The largest absolute Gasteiger partial charge is 0.369 e. The predicted molar refractivity (Wildman–Crippen MR) is 103 cm³/mol. The topological polar surface area (TPSA) is 99.2 Å². The van der Waals surface area contributed by atoms with Gasteiger partial charge in [0.2, 0.25) is 5.91 Å². The van der Waals surface area contributed by atoms with Gasteiger partial charge in [0.05, 0.1) is 12.9 Å². The number of anilines is 1. The lowest BCUT2D eigenvalue weighted by molar-refractivity contribution is -0.155. The first-order valence-electron chi connectivity index (χ1n) is 9.28. The Morgan fingerprint density at radius 2 is 2.33 bits per heavy atom. The predicted octanol–water partition coefficient (Wildman–Crippen LogP) is 3.02. The van der Waals surface area contributed by atoms with Crippen LogP contribution < -0.4 is 5.32 Å². The summed E-state index contributed by atoms with van der Waals surface area (Å²) in [5.74, 6) is 0.932. The van der Waals surface area contributed by atoms with E-state index in [1.165, 1.54) is 6.34 Å². The number of aliphatic imine (C=N–C) groups is 1. The van der Waals surface area contributed by atoms with Crippen molar-refractivity contribution in [3.8, 4) is 0 Å². The molecule has 1 fully saturated rings. The van der Waals surface area contributed by atoms with E-state index in [0.29, 0.717) is 23.8 Å². The first-order chi connectivity index (χ1) is 12.8. The number of H-pyrrole nitrogens is 1. The van der Waals surface area contributed by atoms with Crippen LogP contribution in [0.15, 0.2) is 23.3 Å². The number of amides is 1. The minimum atomic E-state index is -0.892. The van der Waals surface area contributed by atoms with Crippen LogP contribution in [0.2, 0.25) is 0 Å². The number of fused-ring (bicyclic) bond motifs is 1. The van der Waals surface area contributed by atoms with Gasteiger partial charge in [-0.1, -0.05) is 20.8 Å². The maximum Gasteiger partial charge on any atom is 0.230 e. The van der Waals surface area contributed by atoms with E-state index in [2.05, 4.69) is 15.3 Å². The van der Waals surface area contributed by atoms with E-state index >= 15 is 0 Å². The van der Waals surface area contributed by atoms with Crippen LogP contribution in [0.25, 0.3) is 0 Å². The molecular weight excluding hydrogens is 348 g/mol. The molecule has 1 aromatic heterocycles. The minimum absolute atomic E-state index is 0.113. The number of aromatic amines is 1. The number of rotatable bonds is 5. The lowest BCUT2D eigenvalue weighted by Crippen LogP contribution is -2.27. The third-order valence-electron chi connectivity index (χ3n) is 4.43. The number of carbonyl (C=O) groups excluding carboxylic acids is 1. The maximum absolute atomic E-state index is 12.1. The summed E-state index contributed by atoms with van der Waals surface area (Å²) in [6, 6.07) is 1.70. The molecule has 2 atom stereocenters. The number of hydrogen-bond donors (Lipinski definition) is 3. The van der Waals surface area contributed by atoms with Gasteiger partial charge in [-0.15, -0.1) is 0 Å². The molecule has 3 N–H and O–H groups in total. The molecule has 148 valence electrons. The highest BCUT2D eigenvalue weighted by atomic mass is 16.7. The van der Waals surface area contributed by atoms with Gasteiger partial charge >= 0.3 is 0 Å². The molecule has 8 nitrogen and oxygen atoms in total. The quantitative estimate of drug-likeness (QED) is 0.734. The number of ether oxygens (including phenoxy) is 2. The van der Waals surface area contributed by atoms with Gasteiger partial charge in [0, 0.05) is 23.8 Å². The van der Waals surface area contributed by atoms with Crippen molar-refractivity contribution in [3.05, 3.63) is 23.9 Å². The van der Waals surface area contributed by atoms with Crippen molar-refractivity contribution in [3.63, 3.8) is 0 Å². The van der Waals surface area contributed by atoms with Crippen molar-refractivity contribution in [1.29, 1.82) is 0 Å². The standard InChI is InChI=1S/C19H28N4O4/c1-19(2,3)18(25)22-14-11-13-16(21-14)20-12-23(17(13)24)8-6-10-27-15-7-4-5-9-26-15/h6,8,11-12,15,17,21,24H,4-5,7,9-10H2,1-3H3,(H,22,25). The molecule has 1 amide bonds. The molecule has 1 aromatic rings. The number of carbonyl (C=O) groups is 1. The molecule has 8 heteroatoms. The van der Waals surface area contributed by atoms with Gasteiger partial charge in [-0.05, 0) is 31.4 Å². The summed E-state index contributed by atoms with van der Waals surface area (Å²) in [7, 11) is 0. The van der Waals surface area contributed by atoms with Crippen LogP contribution in [0.5, 0.6) is 0 Å². The van der Waals surface area contributed by atoms with E-state index in [0.717, 1.165) is 25.9 Å². The van der Waals surface area contributed by atoms with E-state index < -0.39 is 11.6 Å². The Labute approximate surface area is 159 Å². The van der Waals surface area contributed by atoms with Gasteiger partial charge in [0.25, 0.3) is 0 Å². The van der Waals surface area contributed by atoms with Crippen LogP contribution in [-0.2, 0) is 14.3 Å². The summed E-state index contributed by atoms with van der Waals surface area (Å²) in [4.78, 5) is 21.0. The lowest BCUT2D eigenvalue weighted by atomic mass is 9.96. The zero-order valence-corrected chi connectivity index (χ0v) is 16.1. The minimum Gasteiger partial charge on any atom is -0.369 e. The monoisotopic (exact) mass is 376 g/mol. The first kappa shape index (κ1) is 19.6. The molecule has 0 aliphatic carbocycles. The van der Waals surface area contributed by atoms with E-state index in [4.69, 9.17) is 9.47 Å². The number of aliphatic hydroxyl groups is 1. The van der Waals surface area contributed by atoms with E-state index in [1.807, 2.05) is 26.8 Å². The van der Waals surface area contributed by atoms with Crippen molar-refractivity contribution in [2.45, 2.75) is 52.6 Å². The zero-order valence-electron chi connectivity index (χ0n) is 16.1. The number of aliphatic hydroxyl groups excluding tert-OH is 1. The highest BCUT2D eigenvalue weighted by molar-refractivity contribution is 5.94. The van der Waals surface area contributed by atoms with Gasteiger partial charge in [0.1, 0.15) is 11.6 Å². The van der Waals surface area contributed by atoms with E-state index in [-0.39, 0.29) is 12.2 Å². The highest BCUT2D eigenvalue weighted by Crippen LogP contribution is 2.34. The van der Waals surface area contributed by atoms with Crippen molar-refractivity contribution in [1.82, 2.24) is 9.88 Å². The Morgan fingerprint density at radius 1 is 1.52 bits per heavy atom. The molecule has 0 bridgehead atoms. The number of hydrogen-bond acceptors (Lipinski definition) is 6. The summed E-state index contributed by atoms with van der Waals surface area (Å²) in [5.41, 5.74) is 0.0903. The molecule has 27 heavy (non-hydrogen) atoms. The maximum atomic E-state index is 12.1. The van der Waals surface area contributed by atoms with Crippen LogP contribution in [0, 0.1) is 5.41 Å². The number of aromatic nitrogens is 1. The normalized spacial score (nSPS) is 22.9. The second-order valence-electron chi connectivity index (χ2n) is 7.77. The third kappa shape index (κ3) is 4.97. The van der Waals surface area contributed by atoms with E-state index in [9.17, 15) is 9.90 Å². The van der Waals surface area contributed by atoms with Gasteiger partial charge < -0.3 is 29.8 Å². The number of nitrogens with zero attached hydrogens (tertiary/aromatic N) is 2. The second-order valence-corrected chi connectivity index (χ2v) is 7.77. The van der Waals surface area contributed by atoms with Crippen LogP contribution in [0.1, 0.15) is 51.8 Å². The molecule has 2 aliphatic rings. The van der Waals surface area contributed by atoms with Gasteiger partial charge in [0.15, 0.2) is 12.5 Å². The lowest BCUT2D eigenvalue weighted by Gasteiger charge is -2.25. The Kier molecular flexibility index (Phi) is 5.98. The average molecular weight is 376 g/mol. The molecule has 0 radical (unpaired) electrons. The van der Waals surface area contributed by atoms with Crippen molar-refractivity contribution < 1.29 is 19.4 Å². The Hall–Kier alpha value is -2.16. The van der Waals surface area contributed by atoms with Crippen molar-refractivity contribution >= 4 is 23.9 Å². The molecule has 1 saturated heterocycles. The summed E-state index contributed by atoms with van der Waals surface area (Å²) in [6.07, 6.45) is 7.15. The third-order valence-corrected chi connectivity index (χ3v) is 4.43. The fourth-order valence-electron chi connectivity index (χ4n) is 2.78. The first-order valence-corrected chi connectivity index (χ1v) is 9.28. The molecule has 3 heterocycles. The van der Waals surface area contributed by atoms with Crippen LogP contribution >= 0.6 is 0 Å². The number of nitrogens with one attached hydrogen (secondary N) is 2. The molecule has 0 spiro atoms.